The lowest BCUT2D eigenvalue weighted by Crippen LogP contribution is -2.37. The van der Waals surface area contributed by atoms with Gasteiger partial charge in [-0.05, 0) is 12.3 Å². The number of carbonyl (C=O) groups excluding carboxylic acids is 1. The summed E-state index contributed by atoms with van der Waals surface area (Å²) in [5.41, 5.74) is 5.78. The lowest BCUT2D eigenvalue weighted by Gasteiger charge is -2.17. The number of carbonyl (C=O) groups is 1. The smallest absolute Gasteiger partial charge is 0.322 e. The Morgan fingerprint density at radius 3 is 2.18 bits per heavy atom. The molecule has 0 amide bonds. The molecule has 0 fully saturated rings. The van der Waals surface area contributed by atoms with E-state index in [1.54, 1.807) is 0 Å². The fourth-order valence-electron chi connectivity index (χ4n) is 1.97. The quantitative estimate of drug-likeness (QED) is 0.473. The number of esters is 1. The van der Waals surface area contributed by atoms with Crippen molar-refractivity contribution in [2.75, 3.05) is 7.11 Å². The Balaban J connectivity index is 3.44. The molecule has 1 unspecified atom stereocenters. The van der Waals surface area contributed by atoms with E-state index in [4.69, 9.17) is 5.73 Å². The van der Waals surface area contributed by atoms with Crippen LogP contribution in [0.2, 0.25) is 0 Å². The molecule has 0 spiro atoms. The maximum atomic E-state index is 11.2. The van der Waals surface area contributed by atoms with Gasteiger partial charge in [-0.2, -0.15) is 0 Å². The average Bonchev–Trinajstić information content (AvgIpc) is 2.35. The van der Waals surface area contributed by atoms with Gasteiger partial charge in [0, 0.05) is 0 Å². The summed E-state index contributed by atoms with van der Waals surface area (Å²) in [5.74, 6) is -0.0708. The molecule has 0 heterocycles. The molecule has 17 heavy (non-hydrogen) atoms. The molecular formula is C14H29NO2. The molecule has 0 aliphatic heterocycles. The van der Waals surface area contributed by atoms with Crippen LogP contribution in [0.5, 0.6) is 0 Å². The van der Waals surface area contributed by atoms with E-state index in [0.717, 1.165) is 12.8 Å². The van der Waals surface area contributed by atoms with Crippen LogP contribution in [0.3, 0.4) is 0 Å². The van der Waals surface area contributed by atoms with Gasteiger partial charge in [-0.1, -0.05) is 58.8 Å². The van der Waals surface area contributed by atoms with E-state index in [9.17, 15) is 4.79 Å². The van der Waals surface area contributed by atoms with Crippen molar-refractivity contribution in [2.24, 2.45) is 11.7 Å². The number of unbranched alkanes of at least 4 members (excludes halogenated alkanes) is 6. The average molecular weight is 243 g/mol. The van der Waals surface area contributed by atoms with Gasteiger partial charge >= 0.3 is 5.97 Å². The number of nitrogens with two attached hydrogens (primary N) is 1. The van der Waals surface area contributed by atoms with Gasteiger partial charge in [-0.25, -0.2) is 0 Å². The van der Waals surface area contributed by atoms with E-state index in [1.165, 1.54) is 45.6 Å². The molecule has 3 heteroatoms. The molecule has 0 saturated heterocycles. The lowest BCUT2D eigenvalue weighted by molar-refractivity contribution is -0.143. The number of ether oxygens (including phenoxy) is 1. The minimum absolute atomic E-state index is 0.220. The Hall–Kier alpha value is -0.570. The summed E-state index contributed by atoms with van der Waals surface area (Å²) in [6, 6.07) is -0.458. The predicted molar refractivity (Wildman–Crippen MR) is 71.8 cm³/mol. The van der Waals surface area contributed by atoms with Crippen molar-refractivity contribution < 1.29 is 9.53 Å². The van der Waals surface area contributed by atoms with Crippen LogP contribution >= 0.6 is 0 Å². The van der Waals surface area contributed by atoms with Crippen molar-refractivity contribution in [3.63, 3.8) is 0 Å². The summed E-state index contributed by atoms with van der Waals surface area (Å²) in [4.78, 5) is 11.2. The normalized spacial score (nSPS) is 14.4. The van der Waals surface area contributed by atoms with Crippen molar-refractivity contribution in [1.29, 1.82) is 0 Å². The highest BCUT2D eigenvalue weighted by molar-refractivity contribution is 5.75. The third-order valence-corrected chi connectivity index (χ3v) is 3.35. The van der Waals surface area contributed by atoms with Gasteiger partial charge in [0.2, 0.25) is 0 Å². The highest BCUT2D eigenvalue weighted by Crippen LogP contribution is 2.15. The van der Waals surface area contributed by atoms with E-state index in [1.807, 2.05) is 6.92 Å². The predicted octanol–water partition coefficient (Wildman–Crippen LogP) is 3.26. The highest BCUT2D eigenvalue weighted by Gasteiger charge is 2.20. The summed E-state index contributed by atoms with van der Waals surface area (Å²) in [6.45, 7) is 4.26. The molecule has 0 aromatic rings. The Morgan fingerprint density at radius 2 is 1.65 bits per heavy atom. The zero-order chi connectivity index (χ0) is 13.1. The van der Waals surface area contributed by atoms with Crippen LogP contribution in [0.15, 0.2) is 0 Å². The molecule has 0 rings (SSSR count). The van der Waals surface area contributed by atoms with Crippen molar-refractivity contribution >= 4 is 5.97 Å². The molecule has 0 aromatic heterocycles. The van der Waals surface area contributed by atoms with Gasteiger partial charge in [0.05, 0.1) is 7.11 Å². The van der Waals surface area contributed by atoms with E-state index >= 15 is 0 Å². The Bertz CT molecular complexity index is 195. The molecule has 0 bridgehead atoms. The van der Waals surface area contributed by atoms with Gasteiger partial charge in [-0.3, -0.25) is 4.79 Å². The van der Waals surface area contributed by atoms with Crippen molar-refractivity contribution in [1.82, 2.24) is 0 Å². The summed E-state index contributed by atoms with van der Waals surface area (Å²) in [6.07, 6.45) is 10.1. The van der Waals surface area contributed by atoms with Crippen LogP contribution in [0.1, 0.15) is 65.2 Å². The lowest BCUT2D eigenvalue weighted by atomic mass is 9.95. The molecule has 0 aliphatic rings. The first kappa shape index (κ1) is 16.4. The second kappa shape index (κ2) is 10.6. The number of rotatable bonds is 10. The third kappa shape index (κ3) is 8.19. The minimum Gasteiger partial charge on any atom is -0.468 e. The van der Waals surface area contributed by atoms with Crippen LogP contribution in [0, 0.1) is 5.92 Å². The van der Waals surface area contributed by atoms with Crippen LogP contribution in [0.4, 0.5) is 0 Å². The van der Waals surface area contributed by atoms with Crippen LogP contribution in [0.25, 0.3) is 0 Å². The third-order valence-electron chi connectivity index (χ3n) is 3.35. The topological polar surface area (TPSA) is 52.3 Å². The molecule has 2 N–H and O–H groups in total. The number of hydrogen-bond donors (Lipinski definition) is 1. The van der Waals surface area contributed by atoms with Gasteiger partial charge < -0.3 is 10.5 Å². The highest BCUT2D eigenvalue weighted by atomic mass is 16.5. The maximum Gasteiger partial charge on any atom is 0.322 e. The Kier molecular flexibility index (Phi) is 10.2. The van der Waals surface area contributed by atoms with Crippen LogP contribution < -0.4 is 5.73 Å². The summed E-state index contributed by atoms with van der Waals surface area (Å²) in [7, 11) is 1.39. The fraction of sp³-hybridized carbons (Fsp3) is 0.929. The van der Waals surface area contributed by atoms with Gasteiger partial charge in [0.25, 0.3) is 0 Å². The van der Waals surface area contributed by atoms with Crippen LogP contribution in [-0.2, 0) is 9.53 Å². The van der Waals surface area contributed by atoms with Gasteiger partial charge in [-0.15, -0.1) is 0 Å². The monoisotopic (exact) mass is 243 g/mol. The van der Waals surface area contributed by atoms with Crippen molar-refractivity contribution in [2.45, 2.75) is 71.3 Å². The number of hydrogen-bond acceptors (Lipinski definition) is 3. The Labute approximate surface area is 106 Å². The van der Waals surface area contributed by atoms with Crippen molar-refractivity contribution in [3.8, 4) is 0 Å². The minimum atomic E-state index is -0.458. The molecule has 0 radical (unpaired) electrons. The number of methoxy groups -OCH3 is 1. The molecular weight excluding hydrogens is 214 g/mol. The zero-order valence-corrected chi connectivity index (χ0v) is 11.7. The standard InChI is InChI=1S/C14H29NO2/c1-4-5-6-7-8-9-10-11-12(2)13(15)14(16)17-3/h12-13H,4-11,15H2,1-3H3/t12?,13-/m0/s1. The first-order valence-electron chi connectivity index (χ1n) is 6.96. The fourth-order valence-corrected chi connectivity index (χ4v) is 1.97. The second-order valence-corrected chi connectivity index (χ2v) is 4.94. The van der Waals surface area contributed by atoms with Crippen molar-refractivity contribution in [3.05, 3.63) is 0 Å². The van der Waals surface area contributed by atoms with E-state index < -0.39 is 6.04 Å². The molecule has 0 aliphatic carbocycles. The largest absolute Gasteiger partial charge is 0.468 e. The SMILES string of the molecule is CCCCCCCCCC(C)[C@H](N)C(=O)OC. The molecule has 2 atom stereocenters. The van der Waals surface area contributed by atoms with Gasteiger partial charge in [0.15, 0.2) is 0 Å². The van der Waals surface area contributed by atoms with Gasteiger partial charge in [0.1, 0.15) is 6.04 Å². The van der Waals surface area contributed by atoms with E-state index in [-0.39, 0.29) is 11.9 Å². The van der Waals surface area contributed by atoms with E-state index in [0.29, 0.717) is 0 Å². The van der Waals surface area contributed by atoms with E-state index in [2.05, 4.69) is 11.7 Å². The van der Waals surface area contributed by atoms with Crippen LogP contribution in [-0.4, -0.2) is 19.1 Å². The first-order valence-corrected chi connectivity index (χ1v) is 6.96. The maximum absolute atomic E-state index is 11.2. The zero-order valence-electron chi connectivity index (χ0n) is 11.7. The first-order chi connectivity index (χ1) is 8.13. The molecule has 3 nitrogen and oxygen atoms in total. The molecule has 0 saturated carbocycles. The summed E-state index contributed by atoms with van der Waals surface area (Å²) >= 11 is 0. The molecule has 102 valence electrons. The summed E-state index contributed by atoms with van der Waals surface area (Å²) in [5, 5.41) is 0. The molecule has 0 aromatic carbocycles. The summed E-state index contributed by atoms with van der Waals surface area (Å²) < 4.78 is 4.64. The second-order valence-electron chi connectivity index (χ2n) is 4.94. The Morgan fingerprint density at radius 1 is 1.12 bits per heavy atom.